The summed E-state index contributed by atoms with van der Waals surface area (Å²) in [5, 5.41) is 4.11. The third-order valence-electron chi connectivity index (χ3n) is 5.15. The molecule has 1 aliphatic heterocycles. The SMILES string of the molecule is CC(=C(F)B1OC(C)(C)C(C)(C)O1)c1cccc(C#CCn2cccn2)c1. The highest BCUT2D eigenvalue weighted by Crippen LogP contribution is 2.40. The lowest BCUT2D eigenvalue weighted by Gasteiger charge is -2.32. The molecule has 1 saturated heterocycles. The van der Waals surface area contributed by atoms with Crippen LogP contribution in [0.1, 0.15) is 45.7 Å². The number of benzene rings is 1. The van der Waals surface area contributed by atoms with Crippen LogP contribution in [0, 0.1) is 11.8 Å². The maximum absolute atomic E-state index is 15.0. The fourth-order valence-electron chi connectivity index (χ4n) is 2.71. The molecule has 0 amide bonds. The van der Waals surface area contributed by atoms with E-state index in [1.54, 1.807) is 17.8 Å². The first-order valence-electron chi connectivity index (χ1n) is 8.98. The second kappa shape index (κ2) is 7.34. The molecule has 2 heterocycles. The van der Waals surface area contributed by atoms with Crippen LogP contribution in [0.5, 0.6) is 0 Å². The Morgan fingerprint density at radius 3 is 2.52 bits per heavy atom. The number of hydrogen-bond donors (Lipinski definition) is 0. The van der Waals surface area contributed by atoms with Crippen LogP contribution in [0.3, 0.4) is 0 Å². The van der Waals surface area contributed by atoms with Crippen molar-refractivity contribution in [2.75, 3.05) is 0 Å². The van der Waals surface area contributed by atoms with E-state index in [1.165, 1.54) is 0 Å². The fourth-order valence-corrected chi connectivity index (χ4v) is 2.71. The molecule has 0 radical (unpaired) electrons. The van der Waals surface area contributed by atoms with Crippen LogP contribution in [0.4, 0.5) is 4.39 Å². The van der Waals surface area contributed by atoms with Crippen LogP contribution in [0.25, 0.3) is 5.57 Å². The molecule has 0 atom stereocenters. The van der Waals surface area contributed by atoms with Crippen LogP contribution in [-0.2, 0) is 15.9 Å². The molecular weight excluding hydrogens is 342 g/mol. The average Bonchev–Trinajstić information content (AvgIpc) is 3.20. The third kappa shape index (κ3) is 4.15. The first kappa shape index (κ1) is 19.4. The first-order valence-corrected chi connectivity index (χ1v) is 8.98. The van der Waals surface area contributed by atoms with Crippen molar-refractivity contribution >= 4 is 12.7 Å². The molecule has 0 saturated carbocycles. The van der Waals surface area contributed by atoms with Crippen LogP contribution in [0.2, 0.25) is 0 Å². The summed E-state index contributed by atoms with van der Waals surface area (Å²) in [5.74, 6) is 6.16. The zero-order valence-electron chi connectivity index (χ0n) is 16.4. The van der Waals surface area contributed by atoms with Gasteiger partial charge in [0.05, 0.1) is 11.2 Å². The van der Waals surface area contributed by atoms with Gasteiger partial charge in [0, 0.05) is 18.0 Å². The molecule has 140 valence electrons. The summed E-state index contributed by atoms with van der Waals surface area (Å²) >= 11 is 0. The van der Waals surface area contributed by atoms with Crippen molar-refractivity contribution in [3.63, 3.8) is 0 Å². The van der Waals surface area contributed by atoms with E-state index in [4.69, 9.17) is 9.31 Å². The Hall–Kier alpha value is -2.36. The highest BCUT2D eigenvalue weighted by molar-refractivity contribution is 6.55. The number of nitrogens with zero attached hydrogens (tertiary/aromatic N) is 2. The number of allylic oxidation sites excluding steroid dienone is 1. The van der Waals surface area contributed by atoms with Crippen LogP contribution in [0.15, 0.2) is 48.5 Å². The summed E-state index contributed by atoms with van der Waals surface area (Å²) in [6.07, 6.45) is 3.58. The summed E-state index contributed by atoms with van der Waals surface area (Å²) in [7, 11) is -0.996. The van der Waals surface area contributed by atoms with Gasteiger partial charge < -0.3 is 9.31 Å². The van der Waals surface area contributed by atoms with Crippen molar-refractivity contribution in [1.82, 2.24) is 9.78 Å². The van der Waals surface area contributed by atoms with Gasteiger partial charge in [-0.1, -0.05) is 24.0 Å². The quantitative estimate of drug-likeness (QED) is 0.601. The van der Waals surface area contributed by atoms with Crippen molar-refractivity contribution in [3.05, 3.63) is 59.6 Å². The topological polar surface area (TPSA) is 36.3 Å². The molecule has 0 spiro atoms. The third-order valence-corrected chi connectivity index (χ3v) is 5.15. The molecule has 1 aromatic heterocycles. The Kier molecular flexibility index (Phi) is 5.28. The maximum Gasteiger partial charge on any atom is 0.525 e. The van der Waals surface area contributed by atoms with Gasteiger partial charge in [0.15, 0.2) is 0 Å². The van der Waals surface area contributed by atoms with Crippen molar-refractivity contribution < 1.29 is 13.7 Å². The van der Waals surface area contributed by atoms with E-state index in [9.17, 15) is 0 Å². The summed E-state index contributed by atoms with van der Waals surface area (Å²) in [6.45, 7) is 9.87. The van der Waals surface area contributed by atoms with Crippen molar-refractivity contribution in [3.8, 4) is 11.8 Å². The molecule has 0 aliphatic carbocycles. The number of rotatable bonds is 3. The van der Waals surface area contributed by atoms with Crippen molar-refractivity contribution in [1.29, 1.82) is 0 Å². The minimum Gasteiger partial charge on any atom is -0.398 e. The number of halogens is 1. The Morgan fingerprint density at radius 1 is 1.19 bits per heavy atom. The van der Waals surface area contributed by atoms with Gasteiger partial charge in [-0.05, 0) is 64.0 Å². The molecule has 6 heteroatoms. The van der Waals surface area contributed by atoms with Gasteiger partial charge in [-0.25, -0.2) is 4.39 Å². The molecule has 2 aromatic rings. The second-order valence-electron chi connectivity index (χ2n) is 7.65. The molecule has 1 aliphatic rings. The van der Waals surface area contributed by atoms with E-state index in [1.807, 2.05) is 64.2 Å². The predicted octanol–water partition coefficient (Wildman–Crippen LogP) is 4.27. The smallest absolute Gasteiger partial charge is 0.398 e. The fraction of sp³-hybridized carbons (Fsp3) is 0.381. The molecule has 4 nitrogen and oxygen atoms in total. The lowest BCUT2D eigenvalue weighted by molar-refractivity contribution is 0.00578. The molecule has 1 aromatic carbocycles. The molecule has 0 bridgehead atoms. The van der Waals surface area contributed by atoms with Gasteiger partial charge in [0.25, 0.3) is 0 Å². The summed E-state index contributed by atoms with van der Waals surface area (Å²) < 4.78 is 28.4. The molecule has 3 rings (SSSR count). The van der Waals surface area contributed by atoms with Gasteiger partial charge in [-0.3, -0.25) is 4.68 Å². The van der Waals surface area contributed by atoms with Crippen LogP contribution >= 0.6 is 0 Å². The average molecular weight is 366 g/mol. The molecule has 0 N–H and O–H groups in total. The highest BCUT2D eigenvalue weighted by atomic mass is 19.1. The van der Waals surface area contributed by atoms with Gasteiger partial charge in [0.2, 0.25) is 0 Å². The summed E-state index contributed by atoms with van der Waals surface area (Å²) in [5.41, 5.74) is 0.512. The first-order chi connectivity index (χ1) is 12.7. The Morgan fingerprint density at radius 2 is 1.89 bits per heavy atom. The highest BCUT2D eigenvalue weighted by Gasteiger charge is 2.53. The zero-order valence-corrected chi connectivity index (χ0v) is 16.4. The zero-order chi connectivity index (χ0) is 19.7. The lowest BCUT2D eigenvalue weighted by Crippen LogP contribution is -2.41. The Labute approximate surface area is 160 Å². The Balaban J connectivity index is 1.80. The lowest BCUT2D eigenvalue weighted by atomic mass is 9.83. The largest absolute Gasteiger partial charge is 0.525 e. The van der Waals surface area contributed by atoms with Gasteiger partial charge in [0.1, 0.15) is 12.3 Å². The van der Waals surface area contributed by atoms with Crippen molar-refractivity contribution in [2.24, 2.45) is 0 Å². The van der Waals surface area contributed by atoms with E-state index >= 15 is 4.39 Å². The van der Waals surface area contributed by atoms with Gasteiger partial charge in [-0.15, -0.1) is 0 Å². The number of hydrogen-bond acceptors (Lipinski definition) is 3. The standard InChI is InChI=1S/C21H24BFN2O2/c1-16(19(23)22-26-20(2,3)21(4,5)27-22)18-11-6-9-17(15-18)10-7-13-25-14-8-12-24-25/h6,8-9,11-12,14-15H,13H2,1-5H3. The molecular formula is C21H24BFN2O2. The van der Waals surface area contributed by atoms with Gasteiger partial charge in [-0.2, -0.15) is 5.10 Å². The minimum absolute atomic E-state index is 0.407. The maximum atomic E-state index is 15.0. The predicted molar refractivity (Wildman–Crippen MR) is 105 cm³/mol. The molecule has 27 heavy (non-hydrogen) atoms. The summed E-state index contributed by atoms with van der Waals surface area (Å²) in [4.78, 5) is 0. The minimum atomic E-state index is -0.996. The van der Waals surface area contributed by atoms with E-state index < -0.39 is 24.0 Å². The van der Waals surface area contributed by atoms with Crippen LogP contribution < -0.4 is 0 Å². The van der Waals surface area contributed by atoms with E-state index in [-0.39, 0.29) is 0 Å². The summed E-state index contributed by atoms with van der Waals surface area (Å²) in [6, 6.07) is 9.36. The normalized spacial score (nSPS) is 18.7. The van der Waals surface area contributed by atoms with Gasteiger partial charge >= 0.3 is 7.12 Å². The van der Waals surface area contributed by atoms with E-state index in [2.05, 4.69) is 16.9 Å². The van der Waals surface area contributed by atoms with E-state index in [0.717, 1.165) is 11.1 Å². The second-order valence-corrected chi connectivity index (χ2v) is 7.65. The van der Waals surface area contributed by atoms with Crippen molar-refractivity contribution in [2.45, 2.75) is 52.4 Å². The monoisotopic (exact) mass is 366 g/mol. The van der Waals surface area contributed by atoms with E-state index in [0.29, 0.717) is 12.1 Å². The number of aromatic nitrogens is 2. The van der Waals surface area contributed by atoms with Crippen LogP contribution in [-0.4, -0.2) is 28.1 Å². The Bertz CT molecular complexity index is 892. The molecule has 0 unspecified atom stereocenters. The molecule has 1 fully saturated rings.